The summed E-state index contributed by atoms with van der Waals surface area (Å²) in [5, 5.41) is 7.55. The normalized spacial score (nSPS) is 10.8. The van der Waals surface area contributed by atoms with Crippen LogP contribution in [0.3, 0.4) is 0 Å². The third-order valence-electron chi connectivity index (χ3n) is 2.99. The fourth-order valence-corrected chi connectivity index (χ4v) is 3.09. The second-order valence-corrected chi connectivity index (χ2v) is 6.43. The molecule has 0 spiro atoms. The Kier molecular flexibility index (Phi) is 3.90. The number of hydrogen-bond acceptors (Lipinski definition) is 5. The van der Waals surface area contributed by atoms with E-state index in [0.29, 0.717) is 12.5 Å². The van der Waals surface area contributed by atoms with Crippen molar-refractivity contribution in [3.8, 4) is 11.3 Å². The van der Waals surface area contributed by atoms with Gasteiger partial charge in [-0.25, -0.2) is 9.97 Å². The van der Waals surface area contributed by atoms with Gasteiger partial charge in [0.1, 0.15) is 0 Å². The Morgan fingerprint density at radius 1 is 1.33 bits per heavy atom. The lowest BCUT2D eigenvalue weighted by Crippen LogP contribution is -2.02. The number of aryl methyl sites for hydroxylation is 2. The Morgan fingerprint density at radius 3 is 2.86 bits per heavy atom. The van der Waals surface area contributed by atoms with Gasteiger partial charge in [-0.15, -0.1) is 11.3 Å². The van der Waals surface area contributed by atoms with Crippen LogP contribution in [0, 0.1) is 6.92 Å². The maximum absolute atomic E-state index is 5.92. The maximum atomic E-state index is 5.92. The first kappa shape index (κ1) is 14.0. The first-order valence-electron chi connectivity index (χ1n) is 6.43. The summed E-state index contributed by atoms with van der Waals surface area (Å²) in [4.78, 5) is 9.93. The average Bonchev–Trinajstić information content (AvgIpc) is 3.02. The van der Waals surface area contributed by atoms with Crippen molar-refractivity contribution in [3.63, 3.8) is 0 Å². The maximum Gasteiger partial charge on any atom is 0.223 e. The van der Waals surface area contributed by atoms with Gasteiger partial charge in [-0.05, 0) is 25.1 Å². The summed E-state index contributed by atoms with van der Waals surface area (Å²) >= 11 is 7.46. The Hall–Kier alpha value is -1.92. The largest absolute Gasteiger partial charge is 0.349 e. The number of aromatic nitrogens is 4. The molecule has 3 aromatic rings. The summed E-state index contributed by atoms with van der Waals surface area (Å²) in [5.41, 5.74) is 2.83. The lowest BCUT2D eigenvalue weighted by Gasteiger charge is -2.04. The summed E-state index contributed by atoms with van der Waals surface area (Å²) in [6.07, 6.45) is 3.71. The highest BCUT2D eigenvalue weighted by Gasteiger charge is 2.08. The first-order chi connectivity index (χ1) is 10.1. The molecule has 7 heteroatoms. The van der Waals surface area contributed by atoms with E-state index < -0.39 is 0 Å². The molecule has 0 aliphatic heterocycles. The Morgan fingerprint density at radius 2 is 2.19 bits per heavy atom. The van der Waals surface area contributed by atoms with Gasteiger partial charge in [-0.3, -0.25) is 4.68 Å². The Bertz CT molecular complexity index is 764. The summed E-state index contributed by atoms with van der Waals surface area (Å²) in [5.74, 6) is 0.597. The van der Waals surface area contributed by atoms with E-state index >= 15 is 0 Å². The molecule has 0 aliphatic carbocycles. The van der Waals surface area contributed by atoms with Crippen LogP contribution in [0.4, 0.5) is 5.95 Å². The molecule has 0 saturated heterocycles. The Labute approximate surface area is 131 Å². The van der Waals surface area contributed by atoms with E-state index in [9.17, 15) is 0 Å². The van der Waals surface area contributed by atoms with Crippen molar-refractivity contribution in [2.45, 2.75) is 13.5 Å². The van der Waals surface area contributed by atoms with Crippen molar-refractivity contribution in [2.24, 2.45) is 7.05 Å². The average molecular weight is 320 g/mol. The van der Waals surface area contributed by atoms with Crippen LogP contribution in [0.5, 0.6) is 0 Å². The number of rotatable bonds is 4. The summed E-state index contributed by atoms with van der Waals surface area (Å²) in [6, 6.07) is 5.77. The molecule has 21 heavy (non-hydrogen) atoms. The lowest BCUT2D eigenvalue weighted by atomic mass is 10.2. The number of nitrogens with zero attached hydrogens (tertiary/aromatic N) is 4. The SMILES string of the molecule is Cc1nn(C)cc1-c1ccnc(NCc2ccc(Cl)s2)n1. The minimum atomic E-state index is 0.597. The third-order valence-corrected chi connectivity index (χ3v) is 4.23. The third kappa shape index (κ3) is 3.22. The topological polar surface area (TPSA) is 55.6 Å². The van der Waals surface area contributed by atoms with Crippen LogP contribution in [0.25, 0.3) is 11.3 Å². The monoisotopic (exact) mass is 319 g/mol. The van der Waals surface area contributed by atoms with Gasteiger partial charge in [0, 0.05) is 29.9 Å². The Balaban J connectivity index is 1.78. The second kappa shape index (κ2) is 5.83. The number of thiophene rings is 1. The van der Waals surface area contributed by atoms with Crippen LogP contribution in [0.15, 0.2) is 30.6 Å². The van der Waals surface area contributed by atoms with Gasteiger partial charge in [0.05, 0.1) is 22.3 Å². The molecular formula is C14H14ClN5S. The highest BCUT2D eigenvalue weighted by atomic mass is 35.5. The summed E-state index contributed by atoms with van der Waals surface area (Å²) in [6.45, 7) is 2.63. The van der Waals surface area contributed by atoms with Crippen molar-refractivity contribution in [1.82, 2.24) is 19.7 Å². The fourth-order valence-electron chi connectivity index (χ4n) is 2.06. The van der Waals surface area contributed by atoms with E-state index in [0.717, 1.165) is 26.2 Å². The quantitative estimate of drug-likeness (QED) is 0.799. The predicted molar refractivity (Wildman–Crippen MR) is 85.6 cm³/mol. The van der Waals surface area contributed by atoms with Crippen LogP contribution in [-0.4, -0.2) is 19.7 Å². The molecular weight excluding hydrogens is 306 g/mol. The van der Waals surface area contributed by atoms with E-state index in [1.807, 2.05) is 38.4 Å². The molecule has 0 fully saturated rings. The van der Waals surface area contributed by atoms with Gasteiger partial charge in [0.25, 0.3) is 0 Å². The van der Waals surface area contributed by atoms with E-state index in [1.54, 1.807) is 22.2 Å². The van der Waals surface area contributed by atoms with Crippen LogP contribution < -0.4 is 5.32 Å². The highest BCUT2D eigenvalue weighted by Crippen LogP contribution is 2.23. The zero-order chi connectivity index (χ0) is 14.8. The molecule has 5 nitrogen and oxygen atoms in total. The molecule has 108 valence electrons. The molecule has 0 saturated carbocycles. The second-order valence-electron chi connectivity index (χ2n) is 4.63. The minimum absolute atomic E-state index is 0.597. The van der Waals surface area contributed by atoms with Crippen LogP contribution >= 0.6 is 22.9 Å². The van der Waals surface area contributed by atoms with Crippen molar-refractivity contribution in [2.75, 3.05) is 5.32 Å². The highest BCUT2D eigenvalue weighted by molar-refractivity contribution is 7.16. The molecule has 0 radical (unpaired) electrons. The number of hydrogen-bond donors (Lipinski definition) is 1. The number of halogens is 1. The van der Waals surface area contributed by atoms with Crippen LogP contribution in [0.2, 0.25) is 4.34 Å². The molecule has 3 aromatic heterocycles. The predicted octanol–water partition coefficient (Wildman–Crippen LogP) is 3.51. The first-order valence-corrected chi connectivity index (χ1v) is 7.63. The van der Waals surface area contributed by atoms with Crippen LogP contribution in [-0.2, 0) is 13.6 Å². The summed E-state index contributed by atoms with van der Waals surface area (Å²) in [7, 11) is 1.90. The van der Waals surface area contributed by atoms with Gasteiger partial charge in [-0.1, -0.05) is 11.6 Å². The van der Waals surface area contributed by atoms with E-state index in [4.69, 9.17) is 11.6 Å². The van der Waals surface area contributed by atoms with Gasteiger partial charge in [0.15, 0.2) is 0 Å². The van der Waals surface area contributed by atoms with Gasteiger partial charge >= 0.3 is 0 Å². The van der Waals surface area contributed by atoms with Gasteiger partial charge < -0.3 is 5.32 Å². The standard InChI is InChI=1S/C14H14ClN5S/c1-9-11(8-20(2)19-9)12-5-6-16-14(18-12)17-7-10-3-4-13(15)21-10/h3-6,8H,7H2,1-2H3,(H,16,17,18). The fraction of sp³-hybridized carbons (Fsp3) is 0.214. The molecule has 0 aliphatic rings. The summed E-state index contributed by atoms with van der Waals surface area (Å²) < 4.78 is 2.57. The molecule has 0 unspecified atom stereocenters. The van der Waals surface area contributed by atoms with E-state index in [-0.39, 0.29) is 0 Å². The van der Waals surface area contributed by atoms with E-state index in [1.165, 1.54) is 0 Å². The van der Waals surface area contributed by atoms with Crippen molar-refractivity contribution < 1.29 is 0 Å². The molecule has 3 heterocycles. The zero-order valence-electron chi connectivity index (χ0n) is 11.7. The minimum Gasteiger partial charge on any atom is -0.349 e. The molecule has 1 N–H and O–H groups in total. The van der Waals surface area contributed by atoms with Crippen molar-refractivity contribution in [1.29, 1.82) is 0 Å². The van der Waals surface area contributed by atoms with Gasteiger partial charge in [-0.2, -0.15) is 5.10 Å². The molecule has 0 bridgehead atoms. The molecule has 3 rings (SSSR count). The smallest absolute Gasteiger partial charge is 0.223 e. The van der Waals surface area contributed by atoms with Crippen molar-refractivity contribution in [3.05, 3.63) is 45.5 Å². The molecule has 0 aromatic carbocycles. The lowest BCUT2D eigenvalue weighted by molar-refractivity contribution is 0.756. The number of anilines is 1. The van der Waals surface area contributed by atoms with Crippen LogP contribution in [0.1, 0.15) is 10.6 Å². The van der Waals surface area contributed by atoms with Gasteiger partial charge in [0.2, 0.25) is 5.95 Å². The van der Waals surface area contributed by atoms with E-state index in [2.05, 4.69) is 20.4 Å². The number of nitrogens with one attached hydrogen (secondary N) is 1. The molecule has 0 amide bonds. The van der Waals surface area contributed by atoms with Crippen molar-refractivity contribution >= 4 is 28.9 Å². The molecule has 0 atom stereocenters. The zero-order valence-corrected chi connectivity index (χ0v) is 13.2.